The normalized spacial score (nSPS) is 19.6. The molecule has 57 heavy (non-hydrogen) atoms. The molecule has 7 N–H and O–H groups in total. The number of ether oxygens (including phenoxy) is 3. The van der Waals surface area contributed by atoms with Gasteiger partial charge in [0.15, 0.2) is 0 Å². The van der Waals surface area contributed by atoms with Gasteiger partial charge in [0, 0.05) is 19.8 Å². The molecule has 2 fully saturated rings. The summed E-state index contributed by atoms with van der Waals surface area (Å²) in [6.07, 6.45) is 6.56. The number of nitrogens with one attached hydrogen (secondary N) is 5. The number of hydrogen-bond donors (Lipinski definition) is 6. The number of aromatic nitrogens is 4. The van der Waals surface area contributed by atoms with E-state index in [4.69, 9.17) is 15.2 Å². The number of nitrogens with two attached hydrogens (primary N) is 1. The Hall–Kier alpha value is -6.23. The minimum Gasteiger partial charge on any atom is -0.453 e. The molecule has 6 rings (SSSR count). The number of hydrogen-bond acceptors (Lipinski definition) is 10. The van der Waals surface area contributed by atoms with Crippen LogP contribution in [0, 0.1) is 0 Å². The number of amides is 5. The molecule has 2 aromatic heterocycles. The third-order valence-corrected chi connectivity index (χ3v) is 10.2. The molecule has 2 aliphatic rings. The van der Waals surface area contributed by atoms with Crippen LogP contribution in [0.5, 0.6) is 0 Å². The van der Waals surface area contributed by atoms with Crippen LogP contribution in [0.1, 0.15) is 75.1 Å². The predicted octanol–water partition coefficient (Wildman–Crippen LogP) is 4.26. The quantitative estimate of drug-likeness (QED) is 0.134. The second-order valence-electron chi connectivity index (χ2n) is 14.1. The summed E-state index contributed by atoms with van der Waals surface area (Å²) >= 11 is 0. The van der Waals surface area contributed by atoms with Gasteiger partial charge in [-0.05, 0) is 54.4 Å². The molecule has 4 aromatic rings. The third-order valence-electron chi connectivity index (χ3n) is 10.2. The van der Waals surface area contributed by atoms with E-state index < -0.39 is 42.1 Å². The Kier molecular flexibility index (Phi) is 13.5. The number of imidazole rings is 2. The molecule has 17 heteroatoms. The lowest BCUT2D eigenvalue weighted by Gasteiger charge is -2.27. The predicted molar refractivity (Wildman–Crippen MR) is 208 cm³/mol. The van der Waals surface area contributed by atoms with Gasteiger partial charge < -0.3 is 50.8 Å². The summed E-state index contributed by atoms with van der Waals surface area (Å²) in [4.78, 5) is 79.7. The van der Waals surface area contributed by atoms with Crippen molar-refractivity contribution in [3.05, 3.63) is 72.6 Å². The van der Waals surface area contributed by atoms with Crippen LogP contribution in [-0.4, -0.2) is 101 Å². The van der Waals surface area contributed by atoms with Crippen molar-refractivity contribution in [2.45, 2.75) is 75.5 Å². The molecule has 2 saturated heterocycles. The molecule has 1 unspecified atom stereocenters. The molecule has 0 spiro atoms. The average molecular weight is 784 g/mol. The fraction of sp³-hybridized carbons (Fsp3) is 0.425. The molecule has 4 heterocycles. The van der Waals surface area contributed by atoms with Crippen LogP contribution in [0.15, 0.2) is 60.9 Å². The first kappa shape index (κ1) is 40.4. The van der Waals surface area contributed by atoms with E-state index in [0.717, 1.165) is 59.3 Å². The maximum Gasteiger partial charge on any atom is 0.407 e. The summed E-state index contributed by atoms with van der Waals surface area (Å²) in [5.41, 5.74) is 10.8. The Morgan fingerprint density at radius 3 is 2.05 bits per heavy atom. The van der Waals surface area contributed by atoms with Gasteiger partial charge in [0.2, 0.25) is 17.7 Å². The van der Waals surface area contributed by atoms with Crippen LogP contribution in [-0.2, 0) is 28.6 Å². The summed E-state index contributed by atoms with van der Waals surface area (Å²) in [6, 6.07) is 13.4. The number of primary amides is 1. The molecule has 0 radical (unpaired) electrons. The van der Waals surface area contributed by atoms with Gasteiger partial charge in [0.1, 0.15) is 23.7 Å². The van der Waals surface area contributed by atoms with Gasteiger partial charge in [0.05, 0.1) is 56.5 Å². The van der Waals surface area contributed by atoms with Crippen molar-refractivity contribution in [3.63, 3.8) is 0 Å². The van der Waals surface area contributed by atoms with Crippen molar-refractivity contribution in [2.75, 3.05) is 34.0 Å². The third kappa shape index (κ3) is 10.3. The average Bonchev–Trinajstić information content (AvgIpc) is 4.02. The van der Waals surface area contributed by atoms with Crippen molar-refractivity contribution in [2.24, 2.45) is 5.73 Å². The van der Waals surface area contributed by atoms with Gasteiger partial charge in [-0.25, -0.2) is 19.6 Å². The van der Waals surface area contributed by atoms with E-state index in [1.54, 1.807) is 17.3 Å². The van der Waals surface area contributed by atoms with E-state index in [9.17, 15) is 24.0 Å². The van der Waals surface area contributed by atoms with Gasteiger partial charge in [-0.15, -0.1) is 0 Å². The molecule has 4 atom stereocenters. The lowest BCUT2D eigenvalue weighted by atomic mass is 10.0. The summed E-state index contributed by atoms with van der Waals surface area (Å²) in [5.74, 6) is -0.253. The standard InChI is InChI=1S/C40H49N9O8/c1-55-39(53)47-29-7-4-3-5-19-57-20-17-28(46-37(29)51)35-42-22-31(44-35)26-13-9-24(10-14-26)25-11-15-27(16-12-25)32-23-43-36(45-32)33-8-6-18-49(33)38(52)30(21-34(41)50)48-40(54)56-2/h9-16,22-23,28-30,33H,3-8,17-21H2,1-2H3,(H2,41,50)(H,42,44)(H,43,45)(H,46,51)(H,47,53)(H,48,54)/t28-,29-,30?,33-/m0/s1. The zero-order valence-electron chi connectivity index (χ0n) is 32.0. The van der Waals surface area contributed by atoms with E-state index in [-0.39, 0.29) is 18.4 Å². The van der Waals surface area contributed by atoms with Crippen LogP contribution in [0.3, 0.4) is 0 Å². The maximum absolute atomic E-state index is 13.4. The number of nitrogens with zero attached hydrogens (tertiary/aromatic N) is 3. The second kappa shape index (κ2) is 19.1. The number of benzene rings is 2. The van der Waals surface area contributed by atoms with Crippen molar-refractivity contribution >= 4 is 29.9 Å². The van der Waals surface area contributed by atoms with Gasteiger partial charge >= 0.3 is 12.2 Å². The molecule has 2 aromatic carbocycles. The number of rotatable bonds is 10. The minimum absolute atomic E-state index is 0.303. The minimum atomic E-state index is -1.14. The fourth-order valence-corrected chi connectivity index (χ4v) is 7.17. The molecule has 2 aliphatic heterocycles. The highest BCUT2D eigenvalue weighted by atomic mass is 16.5. The van der Waals surface area contributed by atoms with Gasteiger partial charge in [0.25, 0.3) is 0 Å². The first-order chi connectivity index (χ1) is 27.6. The first-order valence-corrected chi connectivity index (χ1v) is 19.1. The van der Waals surface area contributed by atoms with Crippen LogP contribution in [0.25, 0.3) is 33.6 Å². The number of likely N-dealkylation sites (tertiary alicyclic amines) is 1. The van der Waals surface area contributed by atoms with Crippen LogP contribution >= 0.6 is 0 Å². The van der Waals surface area contributed by atoms with E-state index in [1.165, 1.54) is 14.2 Å². The molecule has 0 bridgehead atoms. The summed E-state index contributed by atoms with van der Waals surface area (Å²) < 4.78 is 15.2. The molecular weight excluding hydrogens is 734 g/mol. The van der Waals surface area contributed by atoms with Gasteiger partial charge in [-0.2, -0.15) is 0 Å². The SMILES string of the molecule is COC(=O)NC(CC(N)=O)C(=O)N1CCC[C@H]1c1ncc(-c2ccc(-c3ccc(-c4cnc([C@@H]5CCOCCCCC[C@H](NC(=O)OC)C(=O)N5)[nH]4)cc3)cc2)[nH]1. The topological polar surface area (TPSA) is 236 Å². The number of methoxy groups -OCH3 is 2. The fourth-order valence-electron chi connectivity index (χ4n) is 7.17. The zero-order valence-corrected chi connectivity index (χ0v) is 32.0. The molecule has 5 amide bonds. The number of alkyl carbamates (subject to hydrolysis) is 2. The lowest BCUT2D eigenvalue weighted by molar-refractivity contribution is -0.136. The number of H-pyrrole nitrogens is 2. The van der Waals surface area contributed by atoms with E-state index in [2.05, 4.69) is 40.6 Å². The highest BCUT2D eigenvalue weighted by Crippen LogP contribution is 2.33. The van der Waals surface area contributed by atoms with Gasteiger partial charge in [-0.3, -0.25) is 14.4 Å². The van der Waals surface area contributed by atoms with Crippen LogP contribution in [0.4, 0.5) is 9.59 Å². The van der Waals surface area contributed by atoms with E-state index in [0.29, 0.717) is 50.7 Å². The second-order valence-corrected chi connectivity index (χ2v) is 14.1. The Bertz CT molecular complexity index is 2010. The Labute approximate surface area is 329 Å². The monoisotopic (exact) mass is 783 g/mol. The smallest absolute Gasteiger partial charge is 0.407 e. The first-order valence-electron chi connectivity index (χ1n) is 19.1. The van der Waals surface area contributed by atoms with Gasteiger partial charge in [-0.1, -0.05) is 61.4 Å². The Balaban J connectivity index is 1.11. The molecule has 0 saturated carbocycles. The number of carbonyl (C=O) groups is 5. The van der Waals surface area contributed by atoms with Crippen LogP contribution in [0.2, 0.25) is 0 Å². The van der Waals surface area contributed by atoms with E-state index in [1.807, 2.05) is 48.5 Å². The largest absolute Gasteiger partial charge is 0.453 e. The molecule has 17 nitrogen and oxygen atoms in total. The highest BCUT2D eigenvalue weighted by Gasteiger charge is 2.37. The summed E-state index contributed by atoms with van der Waals surface area (Å²) in [7, 11) is 2.45. The van der Waals surface area contributed by atoms with Crippen molar-refractivity contribution in [1.29, 1.82) is 0 Å². The van der Waals surface area contributed by atoms with Crippen molar-refractivity contribution in [3.8, 4) is 33.6 Å². The highest BCUT2D eigenvalue weighted by molar-refractivity contribution is 5.91. The molecule has 302 valence electrons. The lowest BCUT2D eigenvalue weighted by Crippen LogP contribution is -2.50. The Morgan fingerprint density at radius 1 is 0.807 bits per heavy atom. The van der Waals surface area contributed by atoms with Crippen molar-refractivity contribution < 1.29 is 38.2 Å². The van der Waals surface area contributed by atoms with Crippen molar-refractivity contribution in [1.82, 2.24) is 40.8 Å². The molecular formula is C40H49N9O8. The summed E-state index contributed by atoms with van der Waals surface area (Å²) in [6.45, 7) is 1.52. The maximum atomic E-state index is 13.4. The van der Waals surface area contributed by atoms with E-state index >= 15 is 0 Å². The number of aromatic amines is 2. The number of carbonyl (C=O) groups excluding carboxylic acids is 5. The zero-order chi connectivity index (χ0) is 40.3. The summed E-state index contributed by atoms with van der Waals surface area (Å²) in [5, 5.41) is 8.13. The Morgan fingerprint density at radius 2 is 1.42 bits per heavy atom. The van der Waals surface area contributed by atoms with Crippen LogP contribution < -0.4 is 21.7 Å². The molecule has 0 aliphatic carbocycles.